The number of anilines is 2. The number of amides is 3. The first-order chi connectivity index (χ1) is 16.3. The summed E-state index contributed by atoms with van der Waals surface area (Å²) in [4.78, 5) is 24.1. The summed E-state index contributed by atoms with van der Waals surface area (Å²) >= 11 is 0. The third kappa shape index (κ3) is 6.97. The van der Waals surface area contributed by atoms with Crippen LogP contribution >= 0.6 is 0 Å². The van der Waals surface area contributed by atoms with Gasteiger partial charge in [-0.15, -0.1) is 0 Å². The van der Waals surface area contributed by atoms with Crippen LogP contribution in [0.25, 0.3) is 0 Å². The van der Waals surface area contributed by atoms with Gasteiger partial charge in [0.15, 0.2) is 0 Å². The van der Waals surface area contributed by atoms with Crippen LogP contribution in [0.2, 0.25) is 0 Å². The number of urea groups is 1. The molecule has 0 aromatic heterocycles. The largest absolute Gasteiger partial charge is 0.495 e. The molecule has 0 aliphatic heterocycles. The van der Waals surface area contributed by atoms with E-state index in [4.69, 9.17) is 4.74 Å². The number of rotatable bonds is 9. The van der Waals surface area contributed by atoms with Gasteiger partial charge in [0, 0.05) is 12.2 Å². The summed E-state index contributed by atoms with van der Waals surface area (Å²) in [6, 6.07) is 19.6. The summed E-state index contributed by atoms with van der Waals surface area (Å²) in [5, 5.41) is 7.72. The maximum atomic E-state index is 12.8. The average molecular weight is 483 g/mol. The van der Waals surface area contributed by atoms with Crippen LogP contribution in [0.3, 0.4) is 0 Å². The van der Waals surface area contributed by atoms with Gasteiger partial charge in [0.05, 0.1) is 24.2 Å². The lowest BCUT2D eigenvalue weighted by Crippen LogP contribution is -2.39. The number of carbonyl (C=O) groups is 2. The fraction of sp³-hybridized carbons (Fsp3) is 0.167. The SMILES string of the molecule is COc1ccccc1NS(=O)(=O)c1cccc(NC(=O)CNC(=O)NCc2ccc(C)cc2)c1. The van der Waals surface area contributed by atoms with Crippen molar-refractivity contribution < 1.29 is 22.7 Å². The van der Waals surface area contributed by atoms with Crippen LogP contribution in [0.15, 0.2) is 77.7 Å². The van der Waals surface area contributed by atoms with Gasteiger partial charge in [-0.2, -0.15) is 0 Å². The number of aryl methyl sites for hydroxylation is 1. The summed E-state index contributed by atoms with van der Waals surface area (Å²) in [7, 11) is -2.48. The summed E-state index contributed by atoms with van der Waals surface area (Å²) in [6.07, 6.45) is 0. The van der Waals surface area contributed by atoms with Crippen molar-refractivity contribution >= 4 is 33.3 Å². The molecule has 0 spiro atoms. The summed E-state index contributed by atoms with van der Waals surface area (Å²) < 4.78 is 33.2. The van der Waals surface area contributed by atoms with Gasteiger partial charge >= 0.3 is 6.03 Å². The zero-order chi connectivity index (χ0) is 24.6. The molecule has 3 amide bonds. The van der Waals surface area contributed by atoms with Crippen LogP contribution in [0.4, 0.5) is 16.2 Å². The molecule has 3 aromatic rings. The van der Waals surface area contributed by atoms with Crippen LogP contribution in [0, 0.1) is 6.92 Å². The topological polar surface area (TPSA) is 126 Å². The van der Waals surface area contributed by atoms with Crippen molar-refractivity contribution in [2.75, 3.05) is 23.7 Å². The van der Waals surface area contributed by atoms with Gasteiger partial charge in [0.1, 0.15) is 5.75 Å². The van der Waals surface area contributed by atoms with Crippen LogP contribution in [0.1, 0.15) is 11.1 Å². The first kappa shape index (κ1) is 24.6. The van der Waals surface area contributed by atoms with Gasteiger partial charge in [-0.3, -0.25) is 9.52 Å². The molecule has 0 atom stereocenters. The Balaban J connectivity index is 1.54. The summed E-state index contributed by atoms with van der Waals surface area (Å²) in [6.45, 7) is 2.02. The third-order valence-electron chi connectivity index (χ3n) is 4.76. The van der Waals surface area contributed by atoms with Crippen LogP contribution in [-0.4, -0.2) is 34.0 Å². The molecule has 34 heavy (non-hydrogen) atoms. The lowest BCUT2D eigenvalue weighted by molar-refractivity contribution is -0.115. The van der Waals surface area contributed by atoms with Gasteiger partial charge in [0.2, 0.25) is 5.91 Å². The van der Waals surface area contributed by atoms with E-state index in [1.165, 1.54) is 25.3 Å². The van der Waals surface area contributed by atoms with Gasteiger partial charge in [-0.1, -0.05) is 48.0 Å². The molecule has 0 aliphatic carbocycles. The van der Waals surface area contributed by atoms with E-state index in [0.717, 1.165) is 11.1 Å². The highest BCUT2D eigenvalue weighted by Crippen LogP contribution is 2.26. The van der Waals surface area contributed by atoms with Crippen LogP contribution < -0.4 is 25.4 Å². The Morgan fingerprint density at radius 3 is 2.38 bits per heavy atom. The number of benzene rings is 3. The lowest BCUT2D eigenvalue weighted by atomic mass is 10.1. The molecule has 10 heteroatoms. The minimum absolute atomic E-state index is 0.0417. The minimum atomic E-state index is -3.93. The predicted octanol–water partition coefficient (Wildman–Crippen LogP) is 3.24. The molecule has 3 rings (SSSR count). The minimum Gasteiger partial charge on any atom is -0.495 e. The Morgan fingerprint density at radius 1 is 0.912 bits per heavy atom. The maximum Gasteiger partial charge on any atom is 0.315 e. The molecule has 0 radical (unpaired) electrons. The number of carbonyl (C=O) groups excluding carboxylic acids is 2. The number of sulfonamides is 1. The fourth-order valence-corrected chi connectivity index (χ4v) is 4.11. The molecule has 0 bridgehead atoms. The van der Waals surface area contributed by atoms with Crippen LogP contribution in [-0.2, 0) is 21.4 Å². The molecule has 0 fully saturated rings. The highest BCUT2D eigenvalue weighted by molar-refractivity contribution is 7.92. The van der Waals surface area contributed by atoms with Gasteiger partial charge in [-0.05, 0) is 42.8 Å². The van der Waals surface area contributed by atoms with Crippen molar-refractivity contribution in [2.24, 2.45) is 0 Å². The molecule has 0 heterocycles. The summed E-state index contributed by atoms with van der Waals surface area (Å²) in [5.74, 6) is -0.125. The van der Waals surface area contributed by atoms with E-state index >= 15 is 0 Å². The number of hydrogen-bond acceptors (Lipinski definition) is 5. The number of nitrogens with one attached hydrogen (secondary N) is 4. The average Bonchev–Trinajstić information content (AvgIpc) is 2.82. The third-order valence-corrected chi connectivity index (χ3v) is 6.13. The second kappa shape index (κ2) is 11.2. The zero-order valence-electron chi connectivity index (χ0n) is 18.8. The van der Waals surface area contributed by atoms with E-state index in [9.17, 15) is 18.0 Å². The highest BCUT2D eigenvalue weighted by atomic mass is 32.2. The molecule has 4 N–H and O–H groups in total. The van der Waals surface area contributed by atoms with Crippen LogP contribution in [0.5, 0.6) is 5.75 Å². The Bertz CT molecular complexity index is 1260. The first-order valence-electron chi connectivity index (χ1n) is 10.4. The van der Waals surface area contributed by atoms with Crippen molar-refractivity contribution in [2.45, 2.75) is 18.4 Å². The second-order valence-electron chi connectivity index (χ2n) is 7.40. The highest BCUT2D eigenvalue weighted by Gasteiger charge is 2.17. The second-order valence-corrected chi connectivity index (χ2v) is 9.09. The molecule has 0 saturated carbocycles. The number of ether oxygens (including phenoxy) is 1. The fourth-order valence-electron chi connectivity index (χ4n) is 2.99. The molecule has 9 nitrogen and oxygen atoms in total. The van der Waals surface area contributed by atoms with E-state index in [1.54, 1.807) is 30.3 Å². The van der Waals surface area contributed by atoms with Crippen molar-refractivity contribution in [3.63, 3.8) is 0 Å². The predicted molar refractivity (Wildman–Crippen MR) is 130 cm³/mol. The maximum absolute atomic E-state index is 12.8. The first-order valence-corrected chi connectivity index (χ1v) is 11.9. The van der Waals surface area contributed by atoms with E-state index < -0.39 is 22.0 Å². The summed E-state index contributed by atoms with van der Waals surface area (Å²) in [5.41, 5.74) is 2.62. The van der Waals surface area contributed by atoms with E-state index in [1.807, 2.05) is 31.2 Å². The van der Waals surface area contributed by atoms with Crippen molar-refractivity contribution in [3.05, 3.63) is 83.9 Å². The van der Waals surface area contributed by atoms with Crippen molar-refractivity contribution in [1.82, 2.24) is 10.6 Å². The molecular formula is C24H26N4O5S. The Morgan fingerprint density at radius 2 is 1.65 bits per heavy atom. The molecule has 3 aromatic carbocycles. The van der Waals surface area contributed by atoms with E-state index in [-0.39, 0.29) is 17.1 Å². The number of para-hydroxylation sites is 2. The monoisotopic (exact) mass is 482 g/mol. The van der Waals surface area contributed by atoms with Gasteiger partial charge < -0.3 is 20.7 Å². The van der Waals surface area contributed by atoms with Gasteiger partial charge in [-0.25, -0.2) is 13.2 Å². The quantitative estimate of drug-likeness (QED) is 0.373. The smallest absolute Gasteiger partial charge is 0.315 e. The number of methoxy groups -OCH3 is 1. The molecule has 178 valence electrons. The molecule has 0 aliphatic rings. The zero-order valence-corrected chi connectivity index (χ0v) is 19.6. The van der Waals surface area contributed by atoms with E-state index in [0.29, 0.717) is 18.0 Å². The number of hydrogen-bond donors (Lipinski definition) is 4. The lowest BCUT2D eigenvalue weighted by Gasteiger charge is -2.13. The van der Waals surface area contributed by atoms with Crippen molar-refractivity contribution in [3.8, 4) is 5.75 Å². The Labute approximate surface area is 198 Å². The molecular weight excluding hydrogens is 456 g/mol. The Kier molecular flexibility index (Phi) is 8.10. The molecule has 0 saturated heterocycles. The van der Waals surface area contributed by atoms with E-state index in [2.05, 4.69) is 20.7 Å². The standard InChI is InChI=1S/C24H26N4O5S/c1-17-10-12-18(13-11-17)15-25-24(30)26-16-23(29)27-19-6-5-7-20(14-19)34(31,32)28-21-8-3-4-9-22(21)33-2/h3-14,28H,15-16H2,1-2H3,(H,27,29)(H2,25,26,30). The molecule has 0 unspecified atom stereocenters. The van der Waals surface area contributed by atoms with Gasteiger partial charge in [0.25, 0.3) is 10.0 Å². The van der Waals surface area contributed by atoms with Crippen molar-refractivity contribution in [1.29, 1.82) is 0 Å². The Hall–Kier alpha value is -4.05. The normalized spacial score (nSPS) is 10.8.